The number of phenolic OH excluding ortho intramolecular Hbond substituents is 1. The Bertz CT molecular complexity index is 1060. The number of hydrogen-bond donors (Lipinski definition) is 2. The van der Waals surface area contributed by atoms with Gasteiger partial charge in [-0.2, -0.15) is 0 Å². The van der Waals surface area contributed by atoms with Crippen molar-refractivity contribution in [3.63, 3.8) is 0 Å². The number of benzene rings is 1. The van der Waals surface area contributed by atoms with E-state index < -0.39 is 12.1 Å². The molecule has 0 spiro atoms. The second-order valence-corrected chi connectivity index (χ2v) is 8.15. The number of para-hydroxylation sites is 1. The summed E-state index contributed by atoms with van der Waals surface area (Å²) in [5.41, 5.74) is 3.80. The van der Waals surface area contributed by atoms with Crippen LogP contribution in [0.2, 0.25) is 0 Å². The Kier molecular flexibility index (Phi) is 5.08. The fourth-order valence-electron chi connectivity index (χ4n) is 4.15. The van der Waals surface area contributed by atoms with Crippen LogP contribution in [-0.4, -0.2) is 27.8 Å². The standard InChI is InChI=1S/C22H23NO4S/c1-3-27-20(22(25)26)17-12(2)23-21-19(14-9-5-7-11-16(14)28-21)18(17)13-8-4-6-10-15(13)24/h4,6,8,10,20,24H,3,5,7,9,11H2,1-2H3,(H,25,26). The Morgan fingerprint density at radius 2 is 2.04 bits per heavy atom. The van der Waals surface area contributed by atoms with Gasteiger partial charge in [-0.05, 0) is 51.2 Å². The number of hydrogen-bond acceptors (Lipinski definition) is 5. The molecule has 2 heterocycles. The molecule has 5 nitrogen and oxygen atoms in total. The van der Waals surface area contributed by atoms with Crippen LogP contribution in [0.15, 0.2) is 24.3 Å². The highest BCUT2D eigenvalue weighted by Crippen LogP contribution is 2.46. The van der Waals surface area contributed by atoms with Crippen LogP contribution in [0, 0.1) is 6.92 Å². The van der Waals surface area contributed by atoms with E-state index in [4.69, 9.17) is 9.72 Å². The van der Waals surface area contributed by atoms with Gasteiger partial charge in [0.25, 0.3) is 0 Å². The normalized spacial score (nSPS) is 14.8. The maximum absolute atomic E-state index is 12.1. The third-order valence-corrected chi connectivity index (χ3v) is 6.51. The molecule has 1 aliphatic rings. The molecule has 0 bridgehead atoms. The van der Waals surface area contributed by atoms with Crippen molar-refractivity contribution in [1.82, 2.24) is 4.98 Å². The molecule has 1 unspecified atom stereocenters. The van der Waals surface area contributed by atoms with E-state index in [2.05, 4.69) is 0 Å². The van der Waals surface area contributed by atoms with E-state index in [-0.39, 0.29) is 12.4 Å². The molecule has 1 aliphatic carbocycles. The molecular formula is C22H23NO4S. The van der Waals surface area contributed by atoms with Crippen molar-refractivity contribution in [2.45, 2.75) is 45.6 Å². The number of nitrogens with zero attached hydrogens (tertiary/aromatic N) is 1. The number of aromatic nitrogens is 1. The number of ether oxygens (including phenoxy) is 1. The average Bonchev–Trinajstić information content (AvgIpc) is 3.03. The molecule has 6 heteroatoms. The van der Waals surface area contributed by atoms with Crippen molar-refractivity contribution in [1.29, 1.82) is 0 Å². The number of aliphatic carboxylic acids is 1. The SMILES string of the molecule is CCOC(C(=O)O)c1c(C)nc2sc3c(c2c1-c1ccccc1O)CCCC3. The summed E-state index contributed by atoms with van der Waals surface area (Å²) in [6, 6.07) is 7.10. The van der Waals surface area contributed by atoms with Gasteiger partial charge in [-0.1, -0.05) is 18.2 Å². The summed E-state index contributed by atoms with van der Waals surface area (Å²) >= 11 is 1.69. The molecule has 146 valence electrons. The van der Waals surface area contributed by atoms with Crippen LogP contribution < -0.4 is 0 Å². The first-order valence-corrected chi connectivity index (χ1v) is 10.4. The first kappa shape index (κ1) is 18.9. The van der Waals surface area contributed by atoms with E-state index in [1.165, 1.54) is 10.4 Å². The predicted octanol–water partition coefficient (Wildman–Crippen LogP) is 5.02. The Labute approximate surface area is 167 Å². The van der Waals surface area contributed by atoms with E-state index >= 15 is 0 Å². The molecule has 1 atom stereocenters. The third-order valence-electron chi connectivity index (χ3n) is 5.32. The zero-order valence-corrected chi connectivity index (χ0v) is 16.8. The maximum atomic E-state index is 12.1. The van der Waals surface area contributed by atoms with Crippen LogP contribution in [0.3, 0.4) is 0 Å². The number of aryl methyl sites for hydroxylation is 3. The zero-order chi connectivity index (χ0) is 19.8. The lowest BCUT2D eigenvalue weighted by atomic mass is 9.88. The maximum Gasteiger partial charge on any atom is 0.337 e. The van der Waals surface area contributed by atoms with Crippen LogP contribution in [0.5, 0.6) is 5.75 Å². The lowest BCUT2D eigenvalue weighted by molar-refractivity contribution is -0.150. The van der Waals surface area contributed by atoms with Gasteiger partial charge in [0, 0.05) is 39.3 Å². The molecule has 1 aromatic carbocycles. The Morgan fingerprint density at radius 3 is 2.75 bits per heavy atom. The lowest BCUT2D eigenvalue weighted by Gasteiger charge is -2.21. The van der Waals surface area contributed by atoms with E-state index in [9.17, 15) is 15.0 Å². The first-order chi connectivity index (χ1) is 13.5. The highest BCUT2D eigenvalue weighted by atomic mass is 32.1. The van der Waals surface area contributed by atoms with E-state index in [0.717, 1.165) is 41.5 Å². The second kappa shape index (κ2) is 7.53. The average molecular weight is 397 g/mol. The minimum absolute atomic E-state index is 0.132. The smallest absolute Gasteiger partial charge is 0.337 e. The number of carboxylic acid groups (broad SMARTS) is 1. The minimum Gasteiger partial charge on any atom is -0.507 e. The van der Waals surface area contributed by atoms with Gasteiger partial charge in [0.2, 0.25) is 0 Å². The summed E-state index contributed by atoms with van der Waals surface area (Å²) in [5, 5.41) is 21.5. The van der Waals surface area contributed by atoms with Gasteiger partial charge < -0.3 is 14.9 Å². The zero-order valence-electron chi connectivity index (χ0n) is 16.0. The molecule has 0 saturated heterocycles. The molecule has 3 aromatic rings. The Balaban J connectivity index is 2.13. The molecule has 0 fully saturated rings. The summed E-state index contributed by atoms with van der Waals surface area (Å²) in [6.45, 7) is 3.88. The van der Waals surface area contributed by atoms with E-state index in [0.29, 0.717) is 16.8 Å². The van der Waals surface area contributed by atoms with Gasteiger partial charge in [-0.15, -0.1) is 11.3 Å². The van der Waals surface area contributed by atoms with Crippen LogP contribution >= 0.6 is 11.3 Å². The van der Waals surface area contributed by atoms with E-state index in [1.807, 2.05) is 19.1 Å². The van der Waals surface area contributed by atoms with Gasteiger partial charge in [0.1, 0.15) is 10.6 Å². The summed E-state index contributed by atoms with van der Waals surface area (Å²) in [6.07, 6.45) is 3.12. The lowest BCUT2D eigenvalue weighted by Crippen LogP contribution is -2.18. The number of thiophene rings is 1. The molecule has 2 N–H and O–H groups in total. The van der Waals surface area contributed by atoms with Crippen LogP contribution in [-0.2, 0) is 22.4 Å². The summed E-state index contributed by atoms with van der Waals surface area (Å²) in [4.78, 5) is 19.1. The highest BCUT2D eigenvalue weighted by molar-refractivity contribution is 7.19. The summed E-state index contributed by atoms with van der Waals surface area (Å²) in [7, 11) is 0. The van der Waals surface area contributed by atoms with Crippen molar-refractivity contribution >= 4 is 27.5 Å². The monoisotopic (exact) mass is 397 g/mol. The number of rotatable bonds is 5. The molecule has 2 aromatic heterocycles. The molecule has 0 amide bonds. The number of pyridine rings is 1. The van der Waals surface area contributed by atoms with Crippen molar-refractivity contribution in [3.8, 4) is 16.9 Å². The fourth-order valence-corrected chi connectivity index (χ4v) is 5.46. The van der Waals surface area contributed by atoms with Crippen LogP contribution in [0.4, 0.5) is 0 Å². The van der Waals surface area contributed by atoms with Gasteiger partial charge >= 0.3 is 5.97 Å². The molecular weight excluding hydrogens is 374 g/mol. The number of aromatic hydroxyl groups is 1. The van der Waals surface area contributed by atoms with Crippen LogP contribution in [0.1, 0.15) is 47.6 Å². The number of phenols is 1. The Hall–Kier alpha value is -2.44. The largest absolute Gasteiger partial charge is 0.507 e. The van der Waals surface area contributed by atoms with Crippen molar-refractivity contribution in [2.24, 2.45) is 0 Å². The summed E-state index contributed by atoms with van der Waals surface area (Å²) in [5.74, 6) is -0.918. The fraction of sp³-hybridized carbons (Fsp3) is 0.364. The van der Waals surface area contributed by atoms with Crippen molar-refractivity contribution in [2.75, 3.05) is 6.61 Å². The Morgan fingerprint density at radius 1 is 1.29 bits per heavy atom. The predicted molar refractivity (Wildman–Crippen MR) is 110 cm³/mol. The van der Waals surface area contributed by atoms with Gasteiger partial charge in [0.15, 0.2) is 6.10 Å². The molecule has 0 saturated carbocycles. The minimum atomic E-state index is -1.13. The molecule has 0 aliphatic heterocycles. The van der Waals surface area contributed by atoms with Crippen molar-refractivity contribution in [3.05, 3.63) is 46.0 Å². The summed E-state index contributed by atoms with van der Waals surface area (Å²) < 4.78 is 5.62. The topological polar surface area (TPSA) is 79.7 Å². The first-order valence-electron chi connectivity index (χ1n) is 9.60. The third kappa shape index (κ3) is 3.06. The van der Waals surface area contributed by atoms with Gasteiger partial charge in [-0.3, -0.25) is 0 Å². The quantitative estimate of drug-likeness (QED) is 0.632. The number of carbonyl (C=O) groups is 1. The molecule has 28 heavy (non-hydrogen) atoms. The molecule has 4 rings (SSSR count). The highest BCUT2D eigenvalue weighted by Gasteiger charge is 2.31. The van der Waals surface area contributed by atoms with Crippen LogP contribution in [0.25, 0.3) is 21.3 Å². The number of carboxylic acids is 1. The second-order valence-electron chi connectivity index (χ2n) is 7.07. The molecule has 0 radical (unpaired) electrons. The van der Waals surface area contributed by atoms with Gasteiger partial charge in [0.05, 0.1) is 0 Å². The number of fused-ring (bicyclic) bond motifs is 3. The van der Waals surface area contributed by atoms with Crippen molar-refractivity contribution < 1.29 is 19.7 Å². The van der Waals surface area contributed by atoms with E-state index in [1.54, 1.807) is 30.4 Å². The van der Waals surface area contributed by atoms with Gasteiger partial charge in [-0.25, -0.2) is 9.78 Å².